The molecule has 0 atom stereocenters. The van der Waals surface area contributed by atoms with Crippen molar-refractivity contribution in [2.24, 2.45) is 0 Å². The molecule has 6 heteroatoms. The quantitative estimate of drug-likeness (QED) is 0.649. The first-order chi connectivity index (χ1) is 9.11. The molecule has 0 heterocycles. The Balaban J connectivity index is 2.17. The predicted molar refractivity (Wildman–Crippen MR) is 75.0 cm³/mol. The standard InChI is InChI=1S/C13H26N4O2/c1-14-8-9-17(2)10-12(18)16-13(19)15-11-6-4-3-5-7-11/h11,14H,3-10H2,1-2H3,(H2,15,16,18,19). The molecule has 0 aromatic rings. The summed E-state index contributed by atoms with van der Waals surface area (Å²) in [5.74, 6) is -0.257. The Morgan fingerprint density at radius 2 is 1.89 bits per heavy atom. The lowest BCUT2D eigenvalue weighted by Crippen LogP contribution is -2.48. The van der Waals surface area contributed by atoms with Gasteiger partial charge in [-0.3, -0.25) is 15.0 Å². The third-order valence-electron chi connectivity index (χ3n) is 3.35. The number of carbonyl (C=O) groups excluding carboxylic acids is 2. The molecule has 3 N–H and O–H groups in total. The Morgan fingerprint density at radius 1 is 1.21 bits per heavy atom. The van der Waals surface area contributed by atoms with E-state index in [1.54, 1.807) is 0 Å². The molecule has 0 aliphatic heterocycles. The van der Waals surface area contributed by atoms with E-state index in [1.165, 1.54) is 6.42 Å². The third-order valence-corrected chi connectivity index (χ3v) is 3.35. The van der Waals surface area contributed by atoms with Gasteiger partial charge < -0.3 is 10.6 Å². The van der Waals surface area contributed by atoms with Gasteiger partial charge in [0.1, 0.15) is 0 Å². The average molecular weight is 270 g/mol. The zero-order valence-corrected chi connectivity index (χ0v) is 12.0. The highest BCUT2D eigenvalue weighted by molar-refractivity contribution is 5.95. The lowest BCUT2D eigenvalue weighted by atomic mass is 9.96. The topological polar surface area (TPSA) is 73.5 Å². The zero-order valence-electron chi connectivity index (χ0n) is 12.0. The predicted octanol–water partition coefficient (Wildman–Crippen LogP) is 0.296. The molecule has 0 aromatic carbocycles. The van der Waals surface area contributed by atoms with Gasteiger partial charge in [0.15, 0.2) is 0 Å². The van der Waals surface area contributed by atoms with Gasteiger partial charge in [0.2, 0.25) is 5.91 Å². The van der Waals surface area contributed by atoms with Crippen LogP contribution in [0.25, 0.3) is 0 Å². The van der Waals surface area contributed by atoms with Crippen LogP contribution < -0.4 is 16.0 Å². The third kappa shape index (κ3) is 7.12. The van der Waals surface area contributed by atoms with E-state index in [4.69, 9.17) is 0 Å². The van der Waals surface area contributed by atoms with Crippen LogP contribution in [0.4, 0.5) is 4.79 Å². The maximum absolute atomic E-state index is 11.6. The Labute approximate surface area is 115 Å². The summed E-state index contributed by atoms with van der Waals surface area (Å²) < 4.78 is 0. The molecule has 0 aromatic heterocycles. The van der Waals surface area contributed by atoms with Gasteiger partial charge in [-0.1, -0.05) is 19.3 Å². The Hall–Kier alpha value is -1.14. The molecular formula is C13H26N4O2. The molecule has 0 bridgehead atoms. The summed E-state index contributed by atoms with van der Waals surface area (Å²) in [6, 6.07) is -0.137. The number of imide groups is 1. The normalized spacial score (nSPS) is 16.4. The van der Waals surface area contributed by atoms with Crippen molar-refractivity contribution in [3.8, 4) is 0 Å². The van der Waals surface area contributed by atoms with Gasteiger partial charge in [-0.15, -0.1) is 0 Å². The summed E-state index contributed by atoms with van der Waals surface area (Å²) in [4.78, 5) is 25.2. The van der Waals surface area contributed by atoms with Crippen LogP contribution in [0.15, 0.2) is 0 Å². The van der Waals surface area contributed by atoms with Crippen LogP contribution in [0.1, 0.15) is 32.1 Å². The fraction of sp³-hybridized carbons (Fsp3) is 0.846. The van der Waals surface area contributed by atoms with E-state index in [-0.39, 0.29) is 24.5 Å². The maximum atomic E-state index is 11.6. The second-order valence-electron chi connectivity index (χ2n) is 5.20. The van der Waals surface area contributed by atoms with Gasteiger partial charge in [0.05, 0.1) is 6.54 Å². The first-order valence-corrected chi connectivity index (χ1v) is 7.05. The fourth-order valence-corrected chi connectivity index (χ4v) is 2.26. The molecular weight excluding hydrogens is 244 g/mol. The summed E-state index contributed by atoms with van der Waals surface area (Å²) in [7, 11) is 3.72. The number of likely N-dealkylation sites (N-methyl/N-ethyl adjacent to an activating group) is 2. The molecule has 0 saturated heterocycles. The largest absolute Gasteiger partial charge is 0.335 e. The van der Waals surface area contributed by atoms with E-state index in [0.717, 1.165) is 38.8 Å². The summed E-state index contributed by atoms with van der Waals surface area (Å²) >= 11 is 0. The second-order valence-corrected chi connectivity index (χ2v) is 5.20. The average Bonchev–Trinajstić information content (AvgIpc) is 2.37. The highest BCUT2D eigenvalue weighted by Crippen LogP contribution is 2.16. The molecule has 1 aliphatic carbocycles. The first kappa shape index (κ1) is 15.9. The molecule has 1 rings (SSSR count). The number of nitrogens with one attached hydrogen (secondary N) is 3. The van der Waals surface area contributed by atoms with E-state index < -0.39 is 0 Å². The van der Waals surface area contributed by atoms with Gasteiger partial charge in [-0.05, 0) is 26.9 Å². The minimum Gasteiger partial charge on any atom is -0.335 e. The second kappa shape index (κ2) is 8.87. The molecule has 0 unspecified atom stereocenters. The molecule has 110 valence electrons. The van der Waals surface area contributed by atoms with E-state index >= 15 is 0 Å². The maximum Gasteiger partial charge on any atom is 0.321 e. The minimum atomic E-state index is -0.362. The molecule has 3 amide bonds. The molecule has 1 aliphatic rings. The van der Waals surface area contributed by atoms with Crippen LogP contribution in [0.5, 0.6) is 0 Å². The number of urea groups is 1. The van der Waals surface area contributed by atoms with Gasteiger partial charge >= 0.3 is 6.03 Å². The van der Waals surface area contributed by atoms with Crippen LogP contribution in [-0.2, 0) is 4.79 Å². The summed E-state index contributed by atoms with van der Waals surface area (Å²) in [6.45, 7) is 1.83. The molecule has 1 fully saturated rings. The van der Waals surface area contributed by atoms with E-state index in [2.05, 4.69) is 16.0 Å². The van der Waals surface area contributed by atoms with Crippen LogP contribution in [0.3, 0.4) is 0 Å². The van der Waals surface area contributed by atoms with Crippen LogP contribution >= 0.6 is 0 Å². The Kier molecular flexibility index (Phi) is 7.43. The molecule has 6 nitrogen and oxygen atoms in total. The number of hydrogen-bond acceptors (Lipinski definition) is 4. The number of nitrogens with zero attached hydrogens (tertiary/aromatic N) is 1. The molecule has 1 saturated carbocycles. The van der Waals surface area contributed by atoms with Crippen molar-refractivity contribution >= 4 is 11.9 Å². The smallest absolute Gasteiger partial charge is 0.321 e. The van der Waals surface area contributed by atoms with Crippen molar-refractivity contribution < 1.29 is 9.59 Å². The van der Waals surface area contributed by atoms with E-state index in [0.29, 0.717) is 0 Å². The highest BCUT2D eigenvalue weighted by atomic mass is 16.2. The lowest BCUT2D eigenvalue weighted by molar-refractivity contribution is -0.120. The van der Waals surface area contributed by atoms with Crippen LogP contribution in [-0.4, -0.2) is 56.6 Å². The minimum absolute atomic E-state index is 0.226. The summed E-state index contributed by atoms with van der Waals surface area (Å²) in [5.41, 5.74) is 0. The van der Waals surface area contributed by atoms with Crippen molar-refractivity contribution in [3.05, 3.63) is 0 Å². The molecule has 19 heavy (non-hydrogen) atoms. The zero-order chi connectivity index (χ0) is 14.1. The summed E-state index contributed by atoms with van der Waals surface area (Å²) in [5, 5.41) is 8.26. The Bertz CT molecular complexity index is 290. The SMILES string of the molecule is CNCCN(C)CC(=O)NC(=O)NC1CCCCC1. The van der Waals surface area contributed by atoms with E-state index in [9.17, 15) is 9.59 Å². The number of hydrogen-bond donors (Lipinski definition) is 3. The van der Waals surface area contributed by atoms with Crippen molar-refractivity contribution in [2.75, 3.05) is 33.7 Å². The fourth-order valence-electron chi connectivity index (χ4n) is 2.26. The van der Waals surface area contributed by atoms with Crippen molar-refractivity contribution in [1.29, 1.82) is 0 Å². The van der Waals surface area contributed by atoms with Crippen LogP contribution in [0, 0.1) is 0 Å². The van der Waals surface area contributed by atoms with Gasteiger partial charge in [-0.2, -0.15) is 0 Å². The monoisotopic (exact) mass is 270 g/mol. The summed E-state index contributed by atoms with van der Waals surface area (Å²) in [6.07, 6.45) is 5.60. The van der Waals surface area contributed by atoms with E-state index in [1.807, 2.05) is 19.0 Å². The molecule has 0 radical (unpaired) electrons. The highest BCUT2D eigenvalue weighted by Gasteiger charge is 2.17. The van der Waals surface area contributed by atoms with Gasteiger partial charge in [0.25, 0.3) is 0 Å². The number of rotatable bonds is 6. The van der Waals surface area contributed by atoms with Gasteiger partial charge in [-0.25, -0.2) is 4.79 Å². The first-order valence-electron chi connectivity index (χ1n) is 7.05. The van der Waals surface area contributed by atoms with Crippen molar-refractivity contribution in [1.82, 2.24) is 20.9 Å². The van der Waals surface area contributed by atoms with Crippen molar-refractivity contribution in [2.45, 2.75) is 38.1 Å². The van der Waals surface area contributed by atoms with Gasteiger partial charge in [0, 0.05) is 19.1 Å². The molecule has 0 spiro atoms. The Morgan fingerprint density at radius 3 is 2.53 bits per heavy atom. The van der Waals surface area contributed by atoms with Crippen molar-refractivity contribution in [3.63, 3.8) is 0 Å². The van der Waals surface area contributed by atoms with Crippen LogP contribution in [0.2, 0.25) is 0 Å². The number of carbonyl (C=O) groups is 2. The lowest BCUT2D eigenvalue weighted by Gasteiger charge is -2.23. The number of amides is 3.